The minimum Gasteiger partial charge on any atom is -0.370 e. The number of hydrogen-bond donors (Lipinski definition) is 3. The fourth-order valence-electron chi connectivity index (χ4n) is 1.61. The van der Waals surface area contributed by atoms with E-state index in [2.05, 4.69) is 17.2 Å². The molecular formula is C12H26N4O. The van der Waals surface area contributed by atoms with Crippen molar-refractivity contribution in [2.75, 3.05) is 6.54 Å². The van der Waals surface area contributed by atoms with Crippen molar-refractivity contribution >= 4 is 12.0 Å². The summed E-state index contributed by atoms with van der Waals surface area (Å²) in [5.74, 6) is 0.112. The molecule has 5 nitrogen and oxygen atoms in total. The Morgan fingerprint density at radius 3 is 2.06 bits per heavy atom. The van der Waals surface area contributed by atoms with E-state index in [1.807, 2.05) is 0 Å². The summed E-state index contributed by atoms with van der Waals surface area (Å²) in [7, 11) is 0. The molecule has 5 heteroatoms. The number of hydrogen-bond acceptors (Lipinski definition) is 2. The summed E-state index contributed by atoms with van der Waals surface area (Å²) in [4.78, 5) is 14.4. The molecule has 0 heterocycles. The smallest absolute Gasteiger partial charge is 0.318 e. The van der Waals surface area contributed by atoms with Crippen LogP contribution in [0.25, 0.3) is 0 Å². The molecule has 0 aliphatic heterocycles. The molecule has 2 amide bonds. The first kappa shape index (κ1) is 15.7. The van der Waals surface area contributed by atoms with E-state index in [9.17, 15) is 4.79 Å². The van der Waals surface area contributed by atoms with Gasteiger partial charge in [0.1, 0.15) is 0 Å². The van der Waals surface area contributed by atoms with Crippen molar-refractivity contribution in [2.45, 2.75) is 58.3 Å². The van der Waals surface area contributed by atoms with Crippen LogP contribution in [0, 0.1) is 0 Å². The van der Waals surface area contributed by atoms with Crippen molar-refractivity contribution in [2.24, 2.45) is 16.5 Å². The molecule has 0 aromatic heterocycles. The number of carbonyl (C=O) groups excluding carboxylic acids is 1. The van der Waals surface area contributed by atoms with Gasteiger partial charge < -0.3 is 11.5 Å². The molecule has 100 valence electrons. The second-order valence-electron chi connectivity index (χ2n) is 4.23. The van der Waals surface area contributed by atoms with Gasteiger partial charge in [0.05, 0.1) is 0 Å². The molecule has 0 aromatic carbocycles. The van der Waals surface area contributed by atoms with Crippen molar-refractivity contribution in [3.05, 3.63) is 0 Å². The van der Waals surface area contributed by atoms with Crippen LogP contribution in [0.15, 0.2) is 4.99 Å². The van der Waals surface area contributed by atoms with Gasteiger partial charge in [0.25, 0.3) is 0 Å². The topological polar surface area (TPSA) is 93.5 Å². The summed E-state index contributed by atoms with van der Waals surface area (Å²) in [6.45, 7) is 2.88. The maximum absolute atomic E-state index is 10.4. The number of nitrogens with zero attached hydrogens (tertiary/aromatic N) is 1. The number of rotatable bonds is 9. The standard InChI is InChI=1S/C12H26N4O/c1-2-3-4-5-6-7-8-9-10-15-11(13)16-12(14)17/h2-10H2,1H3,(H5,13,14,15,16,17). The van der Waals surface area contributed by atoms with E-state index < -0.39 is 6.03 Å². The molecule has 5 N–H and O–H groups in total. The first-order chi connectivity index (χ1) is 8.16. The highest BCUT2D eigenvalue weighted by Crippen LogP contribution is 2.08. The monoisotopic (exact) mass is 242 g/mol. The molecule has 0 atom stereocenters. The van der Waals surface area contributed by atoms with Gasteiger partial charge in [-0.25, -0.2) is 4.79 Å². The van der Waals surface area contributed by atoms with E-state index in [-0.39, 0.29) is 5.96 Å². The molecule has 0 radical (unpaired) electrons. The van der Waals surface area contributed by atoms with Crippen LogP contribution in [0.3, 0.4) is 0 Å². The largest absolute Gasteiger partial charge is 0.370 e. The zero-order valence-corrected chi connectivity index (χ0v) is 10.9. The Labute approximate surface area is 104 Å². The summed E-state index contributed by atoms with van der Waals surface area (Å²) in [5, 5.41) is 2.23. The molecule has 0 spiro atoms. The van der Waals surface area contributed by atoms with Crippen LogP contribution in [0.1, 0.15) is 58.3 Å². The van der Waals surface area contributed by atoms with Crippen LogP contribution in [0.2, 0.25) is 0 Å². The highest BCUT2D eigenvalue weighted by atomic mass is 16.2. The lowest BCUT2D eigenvalue weighted by Gasteiger charge is -2.01. The van der Waals surface area contributed by atoms with Crippen molar-refractivity contribution in [1.29, 1.82) is 0 Å². The average Bonchev–Trinajstić information content (AvgIpc) is 2.26. The minimum atomic E-state index is -0.665. The lowest BCUT2D eigenvalue weighted by molar-refractivity contribution is 0.253. The zero-order chi connectivity index (χ0) is 12.9. The fraction of sp³-hybridized carbons (Fsp3) is 0.833. The van der Waals surface area contributed by atoms with Gasteiger partial charge >= 0.3 is 6.03 Å². The Kier molecular flexibility index (Phi) is 10.4. The summed E-state index contributed by atoms with van der Waals surface area (Å²) in [5.41, 5.74) is 10.3. The molecule has 0 saturated heterocycles. The maximum Gasteiger partial charge on any atom is 0.318 e. The molecule has 0 aliphatic rings. The van der Waals surface area contributed by atoms with Crippen LogP contribution in [0.5, 0.6) is 0 Å². The summed E-state index contributed by atoms with van der Waals surface area (Å²) in [6.07, 6.45) is 10.1. The van der Waals surface area contributed by atoms with Crippen LogP contribution < -0.4 is 16.8 Å². The molecule has 0 aromatic rings. The Hall–Kier alpha value is -1.26. The van der Waals surface area contributed by atoms with E-state index in [0.29, 0.717) is 6.54 Å². The van der Waals surface area contributed by atoms with Crippen molar-refractivity contribution in [1.82, 2.24) is 5.32 Å². The summed E-state index contributed by atoms with van der Waals surface area (Å²) >= 11 is 0. The molecule has 0 saturated carbocycles. The van der Waals surface area contributed by atoms with Crippen LogP contribution in [0.4, 0.5) is 4.79 Å². The average molecular weight is 242 g/mol. The Morgan fingerprint density at radius 1 is 1.00 bits per heavy atom. The second-order valence-corrected chi connectivity index (χ2v) is 4.23. The van der Waals surface area contributed by atoms with Crippen molar-refractivity contribution in [3.8, 4) is 0 Å². The predicted molar refractivity (Wildman–Crippen MR) is 71.8 cm³/mol. The minimum absolute atomic E-state index is 0.112. The number of nitrogens with one attached hydrogen (secondary N) is 1. The number of urea groups is 1. The molecular weight excluding hydrogens is 216 g/mol. The van der Waals surface area contributed by atoms with E-state index >= 15 is 0 Å². The quantitative estimate of drug-likeness (QED) is 0.328. The van der Waals surface area contributed by atoms with Crippen molar-refractivity contribution in [3.63, 3.8) is 0 Å². The van der Waals surface area contributed by atoms with E-state index in [1.165, 1.54) is 44.9 Å². The van der Waals surface area contributed by atoms with E-state index in [4.69, 9.17) is 11.5 Å². The van der Waals surface area contributed by atoms with Crippen molar-refractivity contribution < 1.29 is 4.79 Å². The van der Waals surface area contributed by atoms with Gasteiger partial charge in [0, 0.05) is 6.54 Å². The molecule has 0 rings (SSSR count). The van der Waals surface area contributed by atoms with Crippen LogP contribution in [-0.2, 0) is 0 Å². The SMILES string of the molecule is CCCCCCCCCCN=C(N)NC(N)=O. The third-order valence-electron chi connectivity index (χ3n) is 2.55. The third-order valence-corrected chi connectivity index (χ3v) is 2.55. The van der Waals surface area contributed by atoms with Gasteiger partial charge in [-0.15, -0.1) is 0 Å². The highest BCUT2D eigenvalue weighted by Gasteiger charge is 1.95. The normalized spacial score (nSPS) is 11.5. The maximum atomic E-state index is 10.4. The summed E-state index contributed by atoms with van der Waals surface area (Å²) < 4.78 is 0. The van der Waals surface area contributed by atoms with Gasteiger partial charge in [0.2, 0.25) is 0 Å². The Balaban J connectivity index is 3.25. The van der Waals surface area contributed by atoms with E-state index in [1.54, 1.807) is 0 Å². The summed E-state index contributed by atoms with van der Waals surface area (Å²) in [6, 6.07) is -0.665. The number of amides is 2. The molecule has 0 unspecified atom stereocenters. The number of unbranched alkanes of at least 4 members (excludes halogenated alkanes) is 7. The Morgan fingerprint density at radius 2 is 1.53 bits per heavy atom. The third kappa shape index (κ3) is 12.7. The molecule has 0 fully saturated rings. The lowest BCUT2D eigenvalue weighted by atomic mass is 10.1. The molecule has 17 heavy (non-hydrogen) atoms. The predicted octanol–water partition coefficient (Wildman–Crippen LogP) is 2.11. The number of guanidine groups is 1. The number of nitrogens with two attached hydrogens (primary N) is 2. The van der Waals surface area contributed by atoms with Gasteiger partial charge in [-0.2, -0.15) is 0 Å². The molecule has 0 bridgehead atoms. The highest BCUT2D eigenvalue weighted by molar-refractivity contribution is 5.94. The van der Waals surface area contributed by atoms with Gasteiger partial charge in [-0.05, 0) is 6.42 Å². The number of carbonyl (C=O) groups is 1. The number of primary amides is 1. The second kappa shape index (κ2) is 11.2. The Bertz CT molecular complexity index is 229. The first-order valence-corrected chi connectivity index (χ1v) is 6.53. The first-order valence-electron chi connectivity index (χ1n) is 6.53. The molecule has 0 aliphatic carbocycles. The van der Waals surface area contributed by atoms with Gasteiger partial charge in [-0.3, -0.25) is 10.3 Å². The van der Waals surface area contributed by atoms with Crippen LogP contribution >= 0.6 is 0 Å². The van der Waals surface area contributed by atoms with Gasteiger partial charge in [0.15, 0.2) is 5.96 Å². The van der Waals surface area contributed by atoms with E-state index in [0.717, 1.165) is 6.42 Å². The fourth-order valence-corrected chi connectivity index (χ4v) is 1.61. The van der Waals surface area contributed by atoms with Crippen LogP contribution in [-0.4, -0.2) is 18.5 Å². The zero-order valence-electron chi connectivity index (χ0n) is 10.9. The van der Waals surface area contributed by atoms with Gasteiger partial charge in [-0.1, -0.05) is 51.9 Å². The number of aliphatic imine (C=N–C) groups is 1. The lowest BCUT2D eigenvalue weighted by Crippen LogP contribution is -2.40.